The highest BCUT2D eigenvalue weighted by molar-refractivity contribution is 5.84. The minimum Gasteiger partial charge on any atom is -0.493 e. The summed E-state index contributed by atoms with van der Waals surface area (Å²) in [5.41, 5.74) is 0.946. The third-order valence-electron chi connectivity index (χ3n) is 2.42. The van der Waals surface area contributed by atoms with Crippen LogP contribution in [0, 0.1) is 0 Å². The van der Waals surface area contributed by atoms with Crippen LogP contribution in [-0.4, -0.2) is 23.3 Å². The predicted molar refractivity (Wildman–Crippen MR) is 63.6 cm³/mol. The summed E-state index contributed by atoms with van der Waals surface area (Å²) in [5, 5.41) is 9.71. The molecule has 2 rings (SSSR count). The van der Waals surface area contributed by atoms with E-state index in [2.05, 4.69) is 4.98 Å². The second kappa shape index (κ2) is 5.47. The molecule has 0 saturated carbocycles. The zero-order valence-corrected chi connectivity index (χ0v) is 9.10. The van der Waals surface area contributed by atoms with Crippen molar-refractivity contribution in [3.05, 3.63) is 36.5 Å². The summed E-state index contributed by atoms with van der Waals surface area (Å²) in [5.74, 6) is 0.864. The number of aliphatic hydroxyl groups is 1. The van der Waals surface area contributed by atoms with Crippen LogP contribution in [0.2, 0.25) is 0 Å². The fourth-order valence-electron chi connectivity index (χ4n) is 1.59. The van der Waals surface area contributed by atoms with Crippen molar-refractivity contribution in [3.8, 4) is 5.75 Å². The Bertz CT molecular complexity index is 451. The average Bonchev–Trinajstić information content (AvgIpc) is 2.35. The van der Waals surface area contributed by atoms with Crippen molar-refractivity contribution in [3.63, 3.8) is 0 Å². The molecule has 0 fully saturated rings. The molecular weight excluding hydrogens is 202 g/mol. The fraction of sp³-hybridized carbons (Fsp3) is 0.308. The molecule has 0 aliphatic rings. The molecule has 1 aromatic heterocycles. The van der Waals surface area contributed by atoms with Gasteiger partial charge in [0.15, 0.2) is 0 Å². The Hall–Kier alpha value is -1.61. The Morgan fingerprint density at radius 1 is 1.12 bits per heavy atom. The molecular formula is C13H15NO2. The molecule has 0 aliphatic heterocycles. The summed E-state index contributed by atoms with van der Waals surface area (Å²) in [7, 11) is 0. The largest absolute Gasteiger partial charge is 0.493 e. The lowest BCUT2D eigenvalue weighted by Gasteiger charge is -2.08. The van der Waals surface area contributed by atoms with Crippen molar-refractivity contribution in [2.75, 3.05) is 13.2 Å². The molecule has 0 amide bonds. The van der Waals surface area contributed by atoms with E-state index in [0.717, 1.165) is 29.5 Å². The molecule has 3 heteroatoms. The average molecular weight is 217 g/mol. The van der Waals surface area contributed by atoms with Crippen molar-refractivity contribution in [1.29, 1.82) is 0 Å². The normalized spacial score (nSPS) is 10.6. The summed E-state index contributed by atoms with van der Waals surface area (Å²) >= 11 is 0. The van der Waals surface area contributed by atoms with Gasteiger partial charge < -0.3 is 9.84 Å². The molecule has 0 bridgehead atoms. The highest BCUT2D eigenvalue weighted by Crippen LogP contribution is 2.23. The Kier molecular flexibility index (Phi) is 3.72. The first-order valence-corrected chi connectivity index (χ1v) is 5.49. The number of hydrogen-bond acceptors (Lipinski definition) is 3. The number of unbranched alkanes of at least 4 members (excludes halogenated alkanes) is 1. The Morgan fingerprint density at radius 3 is 2.88 bits per heavy atom. The van der Waals surface area contributed by atoms with E-state index >= 15 is 0 Å². The van der Waals surface area contributed by atoms with Crippen LogP contribution < -0.4 is 4.74 Å². The summed E-state index contributed by atoms with van der Waals surface area (Å²) in [6.07, 6.45) is 3.40. The van der Waals surface area contributed by atoms with E-state index in [0.29, 0.717) is 6.61 Å². The quantitative estimate of drug-likeness (QED) is 0.782. The third-order valence-corrected chi connectivity index (χ3v) is 2.42. The van der Waals surface area contributed by atoms with Crippen molar-refractivity contribution in [1.82, 2.24) is 4.98 Å². The number of nitrogens with zero attached hydrogens (tertiary/aromatic N) is 1. The maximum Gasteiger partial charge on any atom is 0.130 e. The van der Waals surface area contributed by atoms with E-state index in [1.807, 2.05) is 30.3 Å². The van der Waals surface area contributed by atoms with Crippen molar-refractivity contribution in [2.45, 2.75) is 12.8 Å². The predicted octanol–water partition coefficient (Wildman–Crippen LogP) is 2.39. The molecule has 1 heterocycles. The van der Waals surface area contributed by atoms with Crippen LogP contribution in [0.4, 0.5) is 0 Å². The number of pyridine rings is 1. The maximum atomic E-state index is 8.67. The second-order valence-corrected chi connectivity index (χ2v) is 3.61. The molecule has 2 aromatic rings. The standard InChI is InChI=1S/C13H15NO2/c15-9-3-4-10-16-13-7-8-14-12-6-2-1-5-11(12)13/h1-2,5-8,15H,3-4,9-10H2. The topological polar surface area (TPSA) is 42.4 Å². The van der Waals surface area contributed by atoms with Gasteiger partial charge in [0.05, 0.1) is 12.1 Å². The fourth-order valence-corrected chi connectivity index (χ4v) is 1.59. The first kappa shape index (κ1) is 10.9. The summed E-state index contributed by atoms with van der Waals surface area (Å²) in [6, 6.07) is 9.79. The van der Waals surface area contributed by atoms with Crippen LogP contribution >= 0.6 is 0 Å². The van der Waals surface area contributed by atoms with E-state index in [1.165, 1.54) is 0 Å². The summed E-state index contributed by atoms with van der Waals surface area (Å²) < 4.78 is 5.67. The molecule has 0 atom stereocenters. The van der Waals surface area contributed by atoms with Gasteiger partial charge in [-0.15, -0.1) is 0 Å². The second-order valence-electron chi connectivity index (χ2n) is 3.61. The molecule has 84 valence electrons. The molecule has 1 N–H and O–H groups in total. The van der Waals surface area contributed by atoms with Crippen molar-refractivity contribution in [2.24, 2.45) is 0 Å². The van der Waals surface area contributed by atoms with Gasteiger partial charge in [-0.05, 0) is 31.0 Å². The third kappa shape index (κ3) is 2.49. The van der Waals surface area contributed by atoms with Gasteiger partial charge >= 0.3 is 0 Å². The highest BCUT2D eigenvalue weighted by atomic mass is 16.5. The van der Waals surface area contributed by atoms with Gasteiger partial charge in [0, 0.05) is 18.2 Å². The number of para-hydroxylation sites is 1. The van der Waals surface area contributed by atoms with E-state index in [4.69, 9.17) is 9.84 Å². The number of hydrogen-bond donors (Lipinski definition) is 1. The van der Waals surface area contributed by atoms with Gasteiger partial charge in [0.1, 0.15) is 5.75 Å². The number of fused-ring (bicyclic) bond motifs is 1. The van der Waals surface area contributed by atoms with Gasteiger partial charge in [-0.2, -0.15) is 0 Å². The lowest BCUT2D eigenvalue weighted by Crippen LogP contribution is -1.99. The molecule has 1 aromatic carbocycles. The van der Waals surface area contributed by atoms with Crippen LogP contribution in [0.15, 0.2) is 36.5 Å². The number of aliphatic hydroxyl groups excluding tert-OH is 1. The lowest BCUT2D eigenvalue weighted by atomic mass is 10.2. The first-order valence-electron chi connectivity index (χ1n) is 5.49. The van der Waals surface area contributed by atoms with Gasteiger partial charge in [0.2, 0.25) is 0 Å². The lowest BCUT2D eigenvalue weighted by molar-refractivity contribution is 0.254. The maximum absolute atomic E-state index is 8.67. The summed E-state index contributed by atoms with van der Waals surface area (Å²) in [4.78, 5) is 4.27. The first-order chi connectivity index (χ1) is 7.92. The molecule has 16 heavy (non-hydrogen) atoms. The van der Waals surface area contributed by atoms with Gasteiger partial charge in [-0.25, -0.2) is 0 Å². The van der Waals surface area contributed by atoms with Gasteiger partial charge in [-0.1, -0.05) is 12.1 Å². The monoisotopic (exact) mass is 217 g/mol. The van der Waals surface area contributed by atoms with Crippen LogP contribution in [0.3, 0.4) is 0 Å². The van der Waals surface area contributed by atoms with Gasteiger partial charge in [0.25, 0.3) is 0 Å². The number of rotatable bonds is 5. The Balaban J connectivity index is 2.11. The van der Waals surface area contributed by atoms with Gasteiger partial charge in [-0.3, -0.25) is 4.98 Å². The highest BCUT2D eigenvalue weighted by Gasteiger charge is 2.01. The van der Waals surface area contributed by atoms with Crippen LogP contribution in [0.1, 0.15) is 12.8 Å². The smallest absolute Gasteiger partial charge is 0.130 e. The number of ether oxygens (including phenoxy) is 1. The Labute approximate surface area is 94.7 Å². The molecule has 0 saturated heterocycles. The van der Waals surface area contributed by atoms with Crippen LogP contribution in [0.5, 0.6) is 5.75 Å². The molecule has 3 nitrogen and oxygen atoms in total. The zero-order valence-electron chi connectivity index (χ0n) is 9.10. The van der Waals surface area contributed by atoms with Crippen LogP contribution in [-0.2, 0) is 0 Å². The van der Waals surface area contributed by atoms with E-state index in [-0.39, 0.29) is 6.61 Å². The van der Waals surface area contributed by atoms with E-state index in [1.54, 1.807) is 6.20 Å². The van der Waals surface area contributed by atoms with Crippen molar-refractivity contribution < 1.29 is 9.84 Å². The van der Waals surface area contributed by atoms with E-state index < -0.39 is 0 Å². The minimum atomic E-state index is 0.223. The molecule has 0 radical (unpaired) electrons. The SMILES string of the molecule is OCCCCOc1ccnc2ccccc12. The number of benzene rings is 1. The zero-order chi connectivity index (χ0) is 11.2. The van der Waals surface area contributed by atoms with Crippen molar-refractivity contribution >= 4 is 10.9 Å². The Morgan fingerprint density at radius 2 is 2.00 bits per heavy atom. The number of aromatic nitrogens is 1. The minimum absolute atomic E-state index is 0.223. The molecule has 0 aliphatic carbocycles. The molecule has 0 spiro atoms. The molecule has 0 unspecified atom stereocenters. The summed E-state index contributed by atoms with van der Waals surface area (Å²) in [6.45, 7) is 0.856. The van der Waals surface area contributed by atoms with E-state index in [9.17, 15) is 0 Å². The van der Waals surface area contributed by atoms with Crippen LogP contribution in [0.25, 0.3) is 10.9 Å².